The summed E-state index contributed by atoms with van der Waals surface area (Å²) in [4.78, 5) is 3.66. The van der Waals surface area contributed by atoms with Crippen LogP contribution in [0.2, 0.25) is 5.15 Å². The molecule has 0 aliphatic carbocycles. The molecule has 0 bridgehead atoms. The van der Waals surface area contributed by atoms with Crippen LogP contribution in [0.3, 0.4) is 0 Å². The van der Waals surface area contributed by atoms with Crippen molar-refractivity contribution < 1.29 is 17.2 Å². The van der Waals surface area contributed by atoms with Gasteiger partial charge in [-0.1, -0.05) is 17.7 Å². The number of benzene rings is 1. The van der Waals surface area contributed by atoms with Crippen LogP contribution in [-0.2, 0) is 23.6 Å². The Balaban J connectivity index is 2.19. The lowest BCUT2D eigenvalue weighted by molar-refractivity contribution is 0.561. The summed E-state index contributed by atoms with van der Waals surface area (Å²) in [6.45, 7) is -0.332. The largest absolute Gasteiger partial charge is 0.324 e. The highest BCUT2D eigenvalue weighted by Crippen LogP contribution is 2.19. The van der Waals surface area contributed by atoms with Gasteiger partial charge >= 0.3 is 0 Å². The second-order valence-corrected chi connectivity index (χ2v) is 6.05. The summed E-state index contributed by atoms with van der Waals surface area (Å²) in [6, 6.07) is 2.88. The van der Waals surface area contributed by atoms with Crippen molar-refractivity contribution in [1.29, 1.82) is 0 Å². The smallest absolute Gasteiger partial charge is 0.261 e. The monoisotopic (exact) mass is 321 g/mol. The molecule has 0 saturated heterocycles. The fourth-order valence-electron chi connectivity index (χ4n) is 1.48. The lowest BCUT2D eigenvalue weighted by Gasteiger charge is -2.06. The summed E-state index contributed by atoms with van der Waals surface area (Å²) in [5.41, 5.74) is 0.0158. The molecule has 0 saturated carbocycles. The minimum absolute atomic E-state index is 0.0158. The van der Waals surface area contributed by atoms with Crippen molar-refractivity contribution in [1.82, 2.24) is 14.3 Å². The quantitative estimate of drug-likeness (QED) is 0.934. The number of hydrogen-bond donors (Lipinski definition) is 1. The SMILES string of the molecule is Cn1cnc(S(=O)(=O)NCc2ccc(F)cc2F)c1Cl. The number of aromatic nitrogens is 2. The average molecular weight is 322 g/mol. The first-order valence-electron chi connectivity index (χ1n) is 5.41. The molecule has 0 unspecified atom stereocenters. The molecule has 5 nitrogen and oxygen atoms in total. The summed E-state index contributed by atoms with van der Waals surface area (Å²) in [6.07, 6.45) is 1.25. The van der Waals surface area contributed by atoms with E-state index in [9.17, 15) is 17.2 Å². The van der Waals surface area contributed by atoms with E-state index in [1.807, 2.05) is 0 Å². The van der Waals surface area contributed by atoms with E-state index in [4.69, 9.17) is 11.6 Å². The molecule has 0 spiro atoms. The topological polar surface area (TPSA) is 64.0 Å². The number of nitrogens with one attached hydrogen (secondary N) is 1. The zero-order valence-electron chi connectivity index (χ0n) is 10.3. The van der Waals surface area contributed by atoms with Crippen LogP contribution in [0.4, 0.5) is 8.78 Å². The standard InChI is InChI=1S/C11H10ClF2N3O2S/c1-17-6-15-11(10(17)12)20(18,19)16-5-7-2-3-8(13)4-9(7)14/h2-4,6,16H,5H2,1H3. The van der Waals surface area contributed by atoms with Crippen molar-refractivity contribution in [3.05, 3.63) is 46.9 Å². The molecule has 2 aromatic rings. The van der Waals surface area contributed by atoms with Gasteiger partial charge in [0.05, 0.1) is 6.33 Å². The van der Waals surface area contributed by atoms with Crippen molar-refractivity contribution >= 4 is 21.6 Å². The third-order valence-electron chi connectivity index (χ3n) is 2.56. The van der Waals surface area contributed by atoms with Crippen LogP contribution < -0.4 is 4.72 Å². The Morgan fingerprint density at radius 1 is 1.40 bits per heavy atom. The molecular weight excluding hydrogens is 312 g/mol. The highest BCUT2D eigenvalue weighted by molar-refractivity contribution is 7.89. The van der Waals surface area contributed by atoms with E-state index in [-0.39, 0.29) is 22.3 Å². The first-order valence-corrected chi connectivity index (χ1v) is 7.28. The summed E-state index contributed by atoms with van der Waals surface area (Å²) >= 11 is 5.78. The molecule has 108 valence electrons. The Hall–Kier alpha value is -1.51. The third kappa shape index (κ3) is 2.97. The van der Waals surface area contributed by atoms with Gasteiger partial charge in [-0.15, -0.1) is 0 Å². The fraction of sp³-hybridized carbons (Fsp3) is 0.182. The lowest BCUT2D eigenvalue weighted by atomic mass is 10.2. The Morgan fingerprint density at radius 3 is 2.65 bits per heavy atom. The molecule has 1 aromatic carbocycles. The van der Waals surface area contributed by atoms with E-state index in [1.165, 1.54) is 17.9 Å². The van der Waals surface area contributed by atoms with Crippen LogP contribution in [0.25, 0.3) is 0 Å². The van der Waals surface area contributed by atoms with Gasteiger partial charge in [-0.3, -0.25) is 0 Å². The molecule has 9 heteroatoms. The summed E-state index contributed by atoms with van der Waals surface area (Å²) < 4.78 is 53.5. The fourth-order valence-corrected chi connectivity index (χ4v) is 2.91. The Bertz CT molecular complexity index is 746. The first-order chi connectivity index (χ1) is 9.31. The molecule has 0 radical (unpaired) electrons. The normalized spacial score (nSPS) is 11.8. The molecule has 0 aliphatic rings. The maximum Gasteiger partial charge on any atom is 0.261 e. The van der Waals surface area contributed by atoms with Crippen LogP contribution in [0, 0.1) is 11.6 Å². The van der Waals surface area contributed by atoms with Gasteiger partial charge in [-0.05, 0) is 6.07 Å². The Morgan fingerprint density at radius 2 is 2.10 bits per heavy atom. The minimum Gasteiger partial charge on any atom is -0.324 e. The molecule has 0 aliphatic heterocycles. The summed E-state index contributed by atoms with van der Waals surface area (Å²) in [5, 5.41) is -0.402. The molecule has 1 aromatic heterocycles. The predicted molar refractivity (Wildman–Crippen MR) is 68.6 cm³/mol. The number of nitrogens with zero attached hydrogens (tertiary/aromatic N) is 2. The van der Waals surface area contributed by atoms with Crippen molar-refractivity contribution in [2.24, 2.45) is 7.05 Å². The number of rotatable bonds is 4. The number of hydrogen-bond acceptors (Lipinski definition) is 3. The molecule has 1 N–H and O–H groups in total. The maximum absolute atomic E-state index is 13.4. The van der Waals surface area contributed by atoms with Crippen molar-refractivity contribution in [2.75, 3.05) is 0 Å². The van der Waals surface area contributed by atoms with E-state index in [2.05, 4.69) is 9.71 Å². The number of sulfonamides is 1. The zero-order chi connectivity index (χ0) is 14.9. The van der Waals surface area contributed by atoms with Gasteiger partial charge in [0.15, 0.2) is 0 Å². The van der Waals surface area contributed by atoms with Crippen molar-refractivity contribution in [3.63, 3.8) is 0 Å². The predicted octanol–water partition coefficient (Wildman–Crippen LogP) is 1.83. The second-order valence-electron chi connectivity index (χ2n) is 4.01. The van der Waals surface area contributed by atoms with Crippen LogP contribution in [0.15, 0.2) is 29.6 Å². The van der Waals surface area contributed by atoms with Gasteiger partial charge in [0.1, 0.15) is 16.8 Å². The van der Waals surface area contributed by atoms with Crippen LogP contribution in [-0.4, -0.2) is 18.0 Å². The van der Waals surface area contributed by atoms with Gasteiger partial charge in [0, 0.05) is 25.2 Å². The van der Waals surface area contributed by atoms with E-state index in [0.717, 1.165) is 12.1 Å². The summed E-state index contributed by atoms with van der Waals surface area (Å²) in [7, 11) is -2.43. The van der Waals surface area contributed by atoms with Crippen LogP contribution >= 0.6 is 11.6 Å². The average Bonchev–Trinajstić information content (AvgIpc) is 2.69. The highest BCUT2D eigenvalue weighted by Gasteiger charge is 2.22. The summed E-state index contributed by atoms with van der Waals surface area (Å²) in [5.74, 6) is -1.57. The Kier molecular flexibility index (Phi) is 4.07. The van der Waals surface area contributed by atoms with Crippen molar-refractivity contribution in [3.8, 4) is 0 Å². The number of halogens is 3. The van der Waals surface area contributed by atoms with E-state index < -0.39 is 21.7 Å². The number of imidazole rings is 1. The van der Waals surface area contributed by atoms with E-state index in [0.29, 0.717) is 6.07 Å². The zero-order valence-corrected chi connectivity index (χ0v) is 11.8. The van der Waals surface area contributed by atoms with Gasteiger partial charge in [0.2, 0.25) is 5.03 Å². The minimum atomic E-state index is -3.97. The Labute approximate surface area is 119 Å². The van der Waals surface area contributed by atoms with Gasteiger partial charge < -0.3 is 4.57 Å². The molecule has 0 atom stereocenters. The van der Waals surface area contributed by atoms with Crippen molar-refractivity contribution in [2.45, 2.75) is 11.6 Å². The van der Waals surface area contributed by atoms with Crippen LogP contribution in [0.1, 0.15) is 5.56 Å². The molecule has 0 amide bonds. The lowest BCUT2D eigenvalue weighted by Crippen LogP contribution is -2.24. The maximum atomic E-state index is 13.4. The molecule has 20 heavy (non-hydrogen) atoms. The molecular formula is C11H10ClF2N3O2S. The molecule has 1 heterocycles. The van der Waals surface area contributed by atoms with E-state index in [1.54, 1.807) is 0 Å². The van der Waals surface area contributed by atoms with Gasteiger partial charge in [0.25, 0.3) is 10.0 Å². The first kappa shape index (κ1) is 14.9. The van der Waals surface area contributed by atoms with Gasteiger partial charge in [-0.25, -0.2) is 26.9 Å². The van der Waals surface area contributed by atoms with Crippen LogP contribution in [0.5, 0.6) is 0 Å². The third-order valence-corrected chi connectivity index (χ3v) is 4.45. The number of aryl methyl sites for hydroxylation is 1. The second kappa shape index (κ2) is 5.47. The van der Waals surface area contributed by atoms with Gasteiger partial charge in [-0.2, -0.15) is 0 Å². The van der Waals surface area contributed by atoms with E-state index >= 15 is 0 Å². The molecule has 2 rings (SSSR count). The highest BCUT2D eigenvalue weighted by atomic mass is 35.5. The molecule has 0 fully saturated rings.